The SMILES string of the molecule is Cc1cc(NC(=O)C2c3cc(CNCCF)ccc3CCN2C(=O)C(C)(C)C)c(C)c(C)c1O. The number of phenolic OH excluding ortho intramolecular Hbond substituents is 1. The zero-order valence-electron chi connectivity index (χ0n) is 21.0. The average Bonchev–Trinajstić information content (AvgIpc) is 2.79. The molecule has 0 aliphatic carbocycles. The van der Waals surface area contributed by atoms with Crippen molar-refractivity contribution in [1.82, 2.24) is 10.2 Å². The fraction of sp³-hybridized carbons (Fsp3) is 0.481. The van der Waals surface area contributed by atoms with Crippen LogP contribution in [0.15, 0.2) is 24.3 Å². The van der Waals surface area contributed by atoms with Gasteiger partial charge in [-0.05, 0) is 66.6 Å². The summed E-state index contributed by atoms with van der Waals surface area (Å²) in [5.41, 5.74) is 4.90. The molecule has 6 nitrogen and oxygen atoms in total. The van der Waals surface area contributed by atoms with E-state index in [1.807, 2.05) is 52.8 Å². The summed E-state index contributed by atoms with van der Waals surface area (Å²) in [7, 11) is 0. The predicted molar refractivity (Wildman–Crippen MR) is 133 cm³/mol. The normalized spacial score (nSPS) is 15.7. The Balaban J connectivity index is 2.03. The minimum Gasteiger partial charge on any atom is -0.507 e. The second-order valence-electron chi connectivity index (χ2n) is 10.1. The van der Waals surface area contributed by atoms with Crippen molar-refractivity contribution in [2.75, 3.05) is 25.1 Å². The monoisotopic (exact) mass is 469 g/mol. The number of nitrogens with zero attached hydrogens (tertiary/aromatic N) is 1. The molecule has 2 aromatic carbocycles. The summed E-state index contributed by atoms with van der Waals surface area (Å²) < 4.78 is 12.5. The summed E-state index contributed by atoms with van der Waals surface area (Å²) in [6.45, 7) is 11.8. The van der Waals surface area contributed by atoms with Gasteiger partial charge in [0.05, 0.1) is 0 Å². The molecule has 0 fully saturated rings. The first-order valence-corrected chi connectivity index (χ1v) is 11.8. The molecule has 1 aliphatic rings. The Morgan fingerprint density at radius 2 is 1.85 bits per heavy atom. The fourth-order valence-corrected chi connectivity index (χ4v) is 4.41. The summed E-state index contributed by atoms with van der Waals surface area (Å²) in [4.78, 5) is 28.8. The van der Waals surface area contributed by atoms with E-state index in [1.54, 1.807) is 17.9 Å². The molecular weight excluding hydrogens is 433 g/mol. The fourth-order valence-electron chi connectivity index (χ4n) is 4.41. The van der Waals surface area contributed by atoms with Crippen LogP contribution in [0, 0.1) is 26.2 Å². The minimum atomic E-state index is -0.787. The number of carbonyl (C=O) groups excluding carboxylic acids is 2. The van der Waals surface area contributed by atoms with Gasteiger partial charge in [0.1, 0.15) is 18.5 Å². The van der Waals surface area contributed by atoms with Crippen LogP contribution >= 0.6 is 0 Å². The molecule has 0 radical (unpaired) electrons. The molecule has 3 N–H and O–H groups in total. The van der Waals surface area contributed by atoms with E-state index in [1.165, 1.54) is 0 Å². The minimum absolute atomic E-state index is 0.0888. The number of hydrogen-bond donors (Lipinski definition) is 3. The standard InChI is InChI=1S/C27H36FN3O3/c1-16-13-22(17(2)18(3)24(16)32)30-25(33)23-21-14-19(15-29-11-10-28)7-8-20(21)9-12-31(23)26(34)27(4,5)6/h7-8,13-14,23,29,32H,9-12,15H2,1-6H3,(H,30,33). The van der Waals surface area contributed by atoms with Crippen LogP contribution in [0.25, 0.3) is 0 Å². The van der Waals surface area contributed by atoms with Crippen molar-refractivity contribution >= 4 is 17.5 Å². The van der Waals surface area contributed by atoms with Gasteiger partial charge >= 0.3 is 0 Å². The highest BCUT2D eigenvalue weighted by Crippen LogP contribution is 2.36. The number of aromatic hydroxyl groups is 1. The van der Waals surface area contributed by atoms with Crippen LogP contribution in [0.3, 0.4) is 0 Å². The number of nitrogens with one attached hydrogen (secondary N) is 2. The van der Waals surface area contributed by atoms with E-state index in [-0.39, 0.29) is 24.1 Å². The molecule has 0 aromatic heterocycles. The van der Waals surface area contributed by atoms with E-state index in [0.717, 1.165) is 22.3 Å². The number of anilines is 1. The number of benzene rings is 2. The molecular formula is C27H36FN3O3. The van der Waals surface area contributed by atoms with Crippen molar-refractivity contribution in [2.45, 2.75) is 60.5 Å². The topological polar surface area (TPSA) is 81.7 Å². The summed E-state index contributed by atoms with van der Waals surface area (Å²) in [5, 5.41) is 16.3. The first kappa shape index (κ1) is 25.7. The lowest BCUT2D eigenvalue weighted by Crippen LogP contribution is -2.49. The molecule has 3 rings (SSSR count). The third-order valence-corrected chi connectivity index (χ3v) is 6.50. The van der Waals surface area contributed by atoms with Crippen LogP contribution in [0.4, 0.5) is 10.1 Å². The van der Waals surface area contributed by atoms with Crippen LogP contribution in [-0.4, -0.2) is 41.6 Å². The Morgan fingerprint density at radius 1 is 1.15 bits per heavy atom. The largest absolute Gasteiger partial charge is 0.507 e. The maximum absolute atomic E-state index is 13.8. The third-order valence-electron chi connectivity index (χ3n) is 6.50. The molecule has 1 atom stereocenters. The van der Waals surface area contributed by atoms with Crippen molar-refractivity contribution in [3.8, 4) is 5.75 Å². The Kier molecular flexibility index (Phi) is 7.66. The molecule has 0 bridgehead atoms. The second kappa shape index (κ2) is 10.1. The number of phenols is 1. The van der Waals surface area contributed by atoms with E-state index in [2.05, 4.69) is 10.6 Å². The van der Waals surface area contributed by atoms with Crippen molar-refractivity contribution in [3.63, 3.8) is 0 Å². The zero-order chi connectivity index (χ0) is 25.2. The van der Waals surface area contributed by atoms with Gasteiger partial charge in [0.2, 0.25) is 5.91 Å². The van der Waals surface area contributed by atoms with E-state index < -0.39 is 18.1 Å². The summed E-state index contributed by atoms with van der Waals surface area (Å²) in [6, 6.07) is 6.91. The Hall–Kier alpha value is -2.93. The van der Waals surface area contributed by atoms with Gasteiger partial charge in [0.25, 0.3) is 5.91 Å². The number of rotatable bonds is 6. The average molecular weight is 470 g/mol. The Labute approximate surface area is 201 Å². The van der Waals surface area contributed by atoms with Crippen LogP contribution in [0.1, 0.15) is 60.2 Å². The number of hydrogen-bond acceptors (Lipinski definition) is 4. The first-order chi connectivity index (χ1) is 16.0. The molecule has 2 aromatic rings. The summed E-state index contributed by atoms with van der Waals surface area (Å²) in [5.74, 6) is -0.164. The molecule has 0 spiro atoms. The summed E-state index contributed by atoms with van der Waals surface area (Å²) in [6.07, 6.45) is 0.662. The van der Waals surface area contributed by atoms with Gasteiger partial charge < -0.3 is 20.6 Å². The van der Waals surface area contributed by atoms with Crippen molar-refractivity contribution in [2.24, 2.45) is 5.41 Å². The van der Waals surface area contributed by atoms with Gasteiger partial charge in [0.15, 0.2) is 0 Å². The predicted octanol–water partition coefficient (Wildman–Crippen LogP) is 4.49. The Morgan fingerprint density at radius 3 is 2.50 bits per heavy atom. The highest BCUT2D eigenvalue weighted by molar-refractivity contribution is 5.99. The number of carbonyl (C=O) groups is 2. The molecule has 7 heteroatoms. The number of aryl methyl sites for hydroxylation is 1. The third kappa shape index (κ3) is 5.25. The van der Waals surface area contributed by atoms with Crippen molar-refractivity contribution in [3.05, 3.63) is 57.6 Å². The van der Waals surface area contributed by atoms with Gasteiger partial charge in [0, 0.05) is 30.7 Å². The highest BCUT2D eigenvalue weighted by Gasteiger charge is 2.40. The highest BCUT2D eigenvalue weighted by atomic mass is 19.1. The first-order valence-electron chi connectivity index (χ1n) is 11.8. The quantitative estimate of drug-likeness (QED) is 0.430. The van der Waals surface area contributed by atoms with Gasteiger partial charge in [-0.25, -0.2) is 4.39 Å². The lowest BCUT2D eigenvalue weighted by Gasteiger charge is -2.40. The van der Waals surface area contributed by atoms with Crippen LogP contribution < -0.4 is 10.6 Å². The van der Waals surface area contributed by atoms with Crippen LogP contribution in [0.2, 0.25) is 0 Å². The lowest BCUT2D eigenvalue weighted by atomic mass is 9.86. The molecule has 34 heavy (non-hydrogen) atoms. The van der Waals surface area contributed by atoms with E-state index in [4.69, 9.17) is 0 Å². The molecule has 1 heterocycles. The molecule has 0 saturated heterocycles. The molecule has 2 amide bonds. The van der Waals surface area contributed by atoms with Crippen LogP contribution in [0.5, 0.6) is 5.75 Å². The van der Waals surface area contributed by atoms with Gasteiger partial charge in [-0.15, -0.1) is 0 Å². The maximum atomic E-state index is 13.8. The van der Waals surface area contributed by atoms with Crippen molar-refractivity contribution < 1.29 is 19.1 Å². The smallest absolute Gasteiger partial charge is 0.251 e. The Bertz CT molecular complexity index is 1090. The summed E-state index contributed by atoms with van der Waals surface area (Å²) >= 11 is 0. The molecule has 0 saturated carbocycles. The van der Waals surface area contributed by atoms with Gasteiger partial charge in [-0.1, -0.05) is 39.0 Å². The van der Waals surface area contributed by atoms with Gasteiger partial charge in [-0.3, -0.25) is 9.59 Å². The number of halogens is 1. The second-order valence-corrected chi connectivity index (χ2v) is 10.1. The zero-order valence-corrected chi connectivity index (χ0v) is 21.0. The van der Waals surface area contributed by atoms with Gasteiger partial charge in [-0.2, -0.15) is 0 Å². The molecule has 1 unspecified atom stereocenters. The van der Waals surface area contributed by atoms with E-state index >= 15 is 0 Å². The van der Waals surface area contributed by atoms with E-state index in [9.17, 15) is 19.1 Å². The number of fused-ring (bicyclic) bond motifs is 1. The van der Waals surface area contributed by atoms with Crippen molar-refractivity contribution in [1.29, 1.82) is 0 Å². The number of alkyl halides is 1. The molecule has 184 valence electrons. The van der Waals surface area contributed by atoms with E-state index in [0.29, 0.717) is 36.3 Å². The number of amides is 2. The maximum Gasteiger partial charge on any atom is 0.251 e. The lowest BCUT2D eigenvalue weighted by molar-refractivity contribution is -0.146. The molecule has 1 aliphatic heterocycles. The van der Waals surface area contributed by atoms with Crippen LogP contribution in [-0.2, 0) is 22.6 Å².